The highest BCUT2D eigenvalue weighted by atomic mass is 16.7. The Labute approximate surface area is 159 Å². The number of aliphatic hydroxyl groups excluding tert-OH is 6. The Morgan fingerprint density at radius 1 is 1.19 bits per heavy atom. The van der Waals surface area contributed by atoms with Crippen LogP contribution < -0.4 is 0 Å². The molecule has 8 nitrogen and oxygen atoms in total. The number of hydrogen-bond acceptors (Lipinski definition) is 8. The van der Waals surface area contributed by atoms with E-state index < -0.39 is 55.6 Å². The average molecular weight is 388 g/mol. The van der Waals surface area contributed by atoms with E-state index in [1.165, 1.54) is 0 Å². The summed E-state index contributed by atoms with van der Waals surface area (Å²) in [4.78, 5) is 0. The van der Waals surface area contributed by atoms with Gasteiger partial charge >= 0.3 is 0 Å². The van der Waals surface area contributed by atoms with Gasteiger partial charge in [-0.05, 0) is 36.8 Å². The summed E-state index contributed by atoms with van der Waals surface area (Å²) in [7, 11) is 0. The monoisotopic (exact) mass is 388 g/mol. The first kappa shape index (κ1) is 22.4. The Hall–Kier alpha value is -0.840. The molecule has 0 amide bonds. The van der Waals surface area contributed by atoms with Gasteiger partial charge in [0.15, 0.2) is 6.29 Å². The van der Waals surface area contributed by atoms with E-state index in [2.05, 4.69) is 0 Å². The van der Waals surface area contributed by atoms with Crippen molar-refractivity contribution < 1.29 is 40.1 Å². The minimum atomic E-state index is -1.53. The third-order valence-corrected chi connectivity index (χ3v) is 5.36. The van der Waals surface area contributed by atoms with Crippen LogP contribution in [0, 0.1) is 5.41 Å². The second-order valence-corrected chi connectivity index (χ2v) is 8.10. The van der Waals surface area contributed by atoms with Crippen molar-refractivity contribution in [3.8, 4) is 0 Å². The van der Waals surface area contributed by atoms with Crippen molar-refractivity contribution in [1.29, 1.82) is 0 Å². The molecule has 6 N–H and O–H groups in total. The highest BCUT2D eigenvalue weighted by molar-refractivity contribution is 5.36. The molecule has 0 bridgehead atoms. The zero-order valence-corrected chi connectivity index (χ0v) is 16.2. The fourth-order valence-electron chi connectivity index (χ4n) is 3.76. The van der Waals surface area contributed by atoms with Crippen LogP contribution in [0.4, 0.5) is 0 Å². The lowest BCUT2D eigenvalue weighted by atomic mass is 9.70. The molecule has 1 fully saturated rings. The molecule has 27 heavy (non-hydrogen) atoms. The molecule has 0 saturated carbocycles. The number of ether oxygens (including phenoxy) is 2. The minimum Gasteiger partial charge on any atom is -0.394 e. The Morgan fingerprint density at radius 2 is 1.81 bits per heavy atom. The first-order valence-electron chi connectivity index (χ1n) is 9.21. The molecule has 156 valence electrons. The molecule has 0 aromatic carbocycles. The smallest absolute Gasteiger partial charge is 0.187 e. The van der Waals surface area contributed by atoms with Gasteiger partial charge in [0.1, 0.15) is 30.5 Å². The maximum atomic E-state index is 10.7. The van der Waals surface area contributed by atoms with E-state index in [4.69, 9.17) is 9.47 Å². The lowest BCUT2D eigenvalue weighted by molar-refractivity contribution is -0.318. The topological polar surface area (TPSA) is 140 Å². The van der Waals surface area contributed by atoms with Gasteiger partial charge in [-0.1, -0.05) is 26.0 Å². The summed E-state index contributed by atoms with van der Waals surface area (Å²) in [6, 6.07) is 0. The standard InChI is InChI=1S/C19H32O8/c1-9(21)5-6-11-10(2)14(22)12(7-19(11,3)4)26-18-17(25)16(24)15(23)13(8-20)27-18/h5-6,9,12-18,20-25H,7-8H2,1-4H3/b6-5+/t9-,12+,13-,14+,15+,16+,17-,18-/m1/s1. The molecule has 1 aliphatic carbocycles. The van der Waals surface area contributed by atoms with E-state index in [9.17, 15) is 30.6 Å². The van der Waals surface area contributed by atoms with Crippen molar-refractivity contribution in [2.75, 3.05) is 6.61 Å². The fraction of sp³-hybridized carbons (Fsp3) is 0.789. The molecular formula is C19H32O8. The van der Waals surface area contributed by atoms with E-state index in [0.29, 0.717) is 12.0 Å². The number of aliphatic hydroxyl groups is 6. The van der Waals surface area contributed by atoms with Gasteiger partial charge in [0.2, 0.25) is 0 Å². The number of allylic oxidation sites excluding steroid dienone is 2. The first-order chi connectivity index (χ1) is 12.5. The molecule has 1 saturated heterocycles. The van der Waals surface area contributed by atoms with E-state index in [0.717, 1.165) is 5.57 Å². The highest BCUT2D eigenvalue weighted by Crippen LogP contribution is 2.43. The quantitative estimate of drug-likeness (QED) is 0.360. The zero-order valence-electron chi connectivity index (χ0n) is 16.2. The van der Waals surface area contributed by atoms with Gasteiger partial charge < -0.3 is 40.1 Å². The summed E-state index contributed by atoms with van der Waals surface area (Å²) in [5.41, 5.74) is 1.19. The van der Waals surface area contributed by atoms with Gasteiger partial charge in [-0.25, -0.2) is 0 Å². The van der Waals surface area contributed by atoms with Crippen LogP contribution >= 0.6 is 0 Å². The van der Waals surface area contributed by atoms with Crippen LogP contribution in [0.5, 0.6) is 0 Å². The largest absolute Gasteiger partial charge is 0.394 e. The van der Waals surface area contributed by atoms with Crippen LogP contribution in [0.3, 0.4) is 0 Å². The lowest BCUT2D eigenvalue weighted by Gasteiger charge is -2.45. The molecular weight excluding hydrogens is 356 g/mol. The third kappa shape index (κ3) is 4.78. The Morgan fingerprint density at radius 3 is 2.37 bits per heavy atom. The molecule has 1 heterocycles. The summed E-state index contributed by atoms with van der Waals surface area (Å²) in [6.45, 7) is 6.83. The van der Waals surface area contributed by atoms with Gasteiger partial charge in [0.05, 0.1) is 18.8 Å². The Kier molecular flexibility index (Phi) is 7.21. The predicted octanol–water partition coefficient (Wildman–Crippen LogP) is -0.784. The van der Waals surface area contributed by atoms with Gasteiger partial charge in [-0.15, -0.1) is 0 Å². The van der Waals surface area contributed by atoms with Crippen LogP contribution in [0.2, 0.25) is 0 Å². The summed E-state index contributed by atoms with van der Waals surface area (Å²) < 4.78 is 11.2. The summed E-state index contributed by atoms with van der Waals surface area (Å²) in [5, 5.41) is 59.4. The van der Waals surface area contributed by atoms with Crippen LogP contribution in [0.15, 0.2) is 23.3 Å². The minimum absolute atomic E-state index is 0.381. The maximum absolute atomic E-state index is 10.7. The fourth-order valence-corrected chi connectivity index (χ4v) is 3.76. The van der Waals surface area contributed by atoms with Gasteiger partial charge in [0.25, 0.3) is 0 Å². The van der Waals surface area contributed by atoms with Crippen molar-refractivity contribution in [2.45, 2.75) is 83.1 Å². The molecule has 0 radical (unpaired) electrons. The second-order valence-electron chi connectivity index (χ2n) is 8.10. The molecule has 0 aromatic heterocycles. The normalized spacial score (nSPS) is 41.2. The summed E-state index contributed by atoms with van der Waals surface area (Å²) in [6.07, 6.45) is -5.32. The highest BCUT2D eigenvalue weighted by Gasteiger charge is 2.47. The average Bonchev–Trinajstić information content (AvgIpc) is 2.59. The van der Waals surface area contributed by atoms with Crippen LogP contribution in [0.25, 0.3) is 0 Å². The van der Waals surface area contributed by atoms with Crippen LogP contribution in [-0.4, -0.2) is 86.3 Å². The molecule has 0 unspecified atom stereocenters. The Balaban J connectivity index is 2.21. The van der Waals surface area contributed by atoms with Crippen LogP contribution in [0.1, 0.15) is 34.1 Å². The molecule has 8 atom stereocenters. The molecule has 2 aliphatic rings. The second kappa shape index (κ2) is 8.67. The molecule has 2 rings (SSSR count). The number of hydrogen-bond donors (Lipinski definition) is 6. The van der Waals surface area contributed by atoms with Crippen molar-refractivity contribution in [1.82, 2.24) is 0 Å². The van der Waals surface area contributed by atoms with Gasteiger partial charge in [-0.3, -0.25) is 0 Å². The zero-order chi connectivity index (χ0) is 20.5. The predicted molar refractivity (Wildman–Crippen MR) is 96.6 cm³/mol. The molecule has 1 aliphatic heterocycles. The van der Waals surface area contributed by atoms with Crippen molar-refractivity contribution in [2.24, 2.45) is 5.41 Å². The van der Waals surface area contributed by atoms with E-state index >= 15 is 0 Å². The molecule has 0 spiro atoms. The van der Waals surface area contributed by atoms with Crippen molar-refractivity contribution >= 4 is 0 Å². The van der Waals surface area contributed by atoms with E-state index in [1.807, 2.05) is 13.8 Å². The lowest BCUT2D eigenvalue weighted by Crippen LogP contribution is -2.60. The van der Waals surface area contributed by atoms with Crippen molar-refractivity contribution in [3.63, 3.8) is 0 Å². The summed E-state index contributed by atoms with van der Waals surface area (Å²) >= 11 is 0. The van der Waals surface area contributed by atoms with Gasteiger partial charge in [0, 0.05) is 0 Å². The van der Waals surface area contributed by atoms with Gasteiger partial charge in [-0.2, -0.15) is 0 Å². The van der Waals surface area contributed by atoms with E-state index in [-0.39, 0.29) is 5.41 Å². The third-order valence-electron chi connectivity index (χ3n) is 5.36. The first-order valence-corrected chi connectivity index (χ1v) is 9.21. The van der Waals surface area contributed by atoms with Crippen LogP contribution in [-0.2, 0) is 9.47 Å². The Bertz CT molecular complexity index is 568. The summed E-state index contributed by atoms with van der Waals surface area (Å²) in [5.74, 6) is 0. The molecule has 8 heteroatoms. The number of rotatable bonds is 5. The molecule has 0 aromatic rings. The SMILES string of the molecule is CC1=C(/C=C/[C@@H](C)O)C(C)(C)C[C@H](O[C@@H]2O[C@H](CO)[C@H](O)[C@H](O)[C@H]2O)[C@H]1O. The maximum Gasteiger partial charge on any atom is 0.187 e. The van der Waals surface area contributed by atoms with E-state index in [1.54, 1.807) is 26.0 Å². The van der Waals surface area contributed by atoms with Crippen molar-refractivity contribution in [3.05, 3.63) is 23.3 Å².